The van der Waals surface area contributed by atoms with Crippen LogP contribution in [0.4, 0.5) is 11.1 Å². The normalized spacial score (nSPS) is 15.7. The van der Waals surface area contributed by atoms with E-state index in [0.29, 0.717) is 42.8 Å². The zero-order valence-corrected chi connectivity index (χ0v) is 14.7. The number of morpholine rings is 1. The van der Waals surface area contributed by atoms with Gasteiger partial charge in [0.05, 0.1) is 18.1 Å². The molecule has 124 valence electrons. The lowest BCUT2D eigenvalue weighted by Crippen LogP contribution is -2.36. The average Bonchev–Trinajstić information content (AvgIpc) is 2.98. The standard InChI is InChI=1S/C13H15ClN4O3S2/c1-9-10(14)3-2-4-11(9)23(19,20)17-13-15-12(16-22-13)18-5-7-21-8-6-18/h2-4H,5-8H2,1H3,(H,15,16,17). The summed E-state index contributed by atoms with van der Waals surface area (Å²) < 4.78 is 36.9. The Hall–Kier alpha value is -1.42. The van der Waals surface area contributed by atoms with Crippen LogP contribution in [0.2, 0.25) is 5.02 Å². The van der Waals surface area contributed by atoms with Crippen molar-refractivity contribution >= 4 is 44.2 Å². The van der Waals surface area contributed by atoms with Gasteiger partial charge < -0.3 is 9.64 Å². The van der Waals surface area contributed by atoms with Gasteiger partial charge in [-0.05, 0) is 24.6 Å². The minimum atomic E-state index is -3.75. The van der Waals surface area contributed by atoms with Crippen molar-refractivity contribution in [1.82, 2.24) is 9.36 Å². The molecule has 1 aromatic heterocycles. The molecule has 0 saturated carbocycles. The lowest BCUT2D eigenvalue weighted by molar-refractivity contribution is 0.122. The lowest BCUT2D eigenvalue weighted by Gasteiger charge is -2.25. The van der Waals surface area contributed by atoms with Gasteiger partial charge in [-0.1, -0.05) is 17.7 Å². The van der Waals surface area contributed by atoms with Crippen molar-refractivity contribution in [3.63, 3.8) is 0 Å². The summed E-state index contributed by atoms with van der Waals surface area (Å²) in [6, 6.07) is 4.76. The van der Waals surface area contributed by atoms with Gasteiger partial charge in [0.15, 0.2) is 0 Å². The monoisotopic (exact) mass is 374 g/mol. The summed E-state index contributed by atoms with van der Waals surface area (Å²) in [6.07, 6.45) is 0. The van der Waals surface area contributed by atoms with E-state index in [1.54, 1.807) is 19.1 Å². The molecule has 1 aliphatic heterocycles. The van der Waals surface area contributed by atoms with E-state index in [4.69, 9.17) is 16.3 Å². The maximum atomic E-state index is 12.5. The van der Waals surface area contributed by atoms with Crippen LogP contribution in [0, 0.1) is 6.92 Å². The van der Waals surface area contributed by atoms with Crippen molar-refractivity contribution in [1.29, 1.82) is 0 Å². The highest BCUT2D eigenvalue weighted by Gasteiger charge is 2.22. The molecule has 0 aliphatic carbocycles. The molecule has 23 heavy (non-hydrogen) atoms. The van der Waals surface area contributed by atoms with Gasteiger partial charge in [-0.3, -0.25) is 4.72 Å². The van der Waals surface area contributed by atoms with Crippen LogP contribution >= 0.6 is 23.1 Å². The zero-order chi connectivity index (χ0) is 16.4. The molecule has 0 bridgehead atoms. The minimum Gasteiger partial charge on any atom is -0.378 e. The maximum absolute atomic E-state index is 12.5. The van der Waals surface area contributed by atoms with E-state index in [1.807, 2.05) is 4.90 Å². The predicted octanol–water partition coefficient (Wildman–Crippen LogP) is 2.14. The fourth-order valence-corrected chi connectivity index (χ4v) is 4.51. The molecule has 2 heterocycles. The predicted molar refractivity (Wildman–Crippen MR) is 89.9 cm³/mol. The van der Waals surface area contributed by atoms with Crippen LogP contribution in [0.15, 0.2) is 23.1 Å². The summed E-state index contributed by atoms with van der Waals surface area (Å²) in [4.78, 5) is 6.34. The second kappa shape index (κ2) is 6.60. The molecule has 2 aromatic rings. The number of hydrogen-bond acceptors (Lipinski definition) is 7. The number of halogens is 1. The van der Waals surface area contributed by atoms with E-state index >= 15 is 0 Å². The number of aromatic nitrogens is 2. The van der Waals surface area contributed by atoms with Crippen molar-refractivity contribution in [3.05, 3.63) is 28.8 Å². The van der Waals surface area contributed by atoms with Crippen molar-refractivity contribution in [3.8, 4) is 0 Å². The van der Waals surface area contributed by atoms with E-state index < -0.39 is 10.0 Å². The van der Waals surface area contributed by atoms with Crippen molar-refractivity contribution in [2.75, 3.05) is 35.9 Å². The highest BCUT2D eigenvalue weighted by Crippen LogP contribution is 2.26. The fraction of sp³-hybridized carbons (Fsp3) is 0.385. The Bertz CT molecular complexity index is 803. The van der Waals surface area contributed by atoms with Gasteiger partial charge in [-0.25, -0.2) is 8.42 Å². The molecule has 0 atom stereocenters. The summed E-state index contributed by atoms with van der Waals surface area (Å²) in [5.74, 6) is 0.513. The molecule has 0 amide bonds. The van der Waals surface area contributed by atoms with Crippen molar-refractivity contribution in [2.45, 2.75) is 11.8 Å². The molecule has 0 radical (unpaired) electrons. The molecule has 1 fully saturated rings. The first-order chi connectivity index (χ1) is 11.0. The van der Waals surface area contributed by atoms with Crippen LogP contribution in [0.1, 0.15) is 5.56 Å². The first-order valence-electron chi connectivity index (χ1n) is 6.92. The van der Waals surface area contributed by atoms with Gasteiger partial charge >= 0.3 is 0 Å². The molecule has 1 aromatic carbocycles. The average molecular weight is 375 g/mol. The minimum absolute atomic E-state index is 0.133. The van der Waals surface area contributed by atoms with Crippen molar-refractivity contribution in [2.24, 2.45) is 0 Å². The second-order valence-electron chi connectivity index (χ2n) is 4.97. The Morgan fingerprint density at radius 2 is 2.09 bits per heavy atom. The summed E-state index contributed by atoms with van der Waals surface area (Å²) in [5.41, 5.74) is 0.500. The topological polar surface area (TPSA) is 84.4 Å². The van der Waals surface area contributed by atoms with Crippen LogP contribution in [0.25, 0.3) is 0 Å². The van der Waals surface area contributed by atoms with Gasteiger partial charge in [-0.15, -0.1) is 0 Å². The van der Waals surface area contributed by atoms with E-state index in [2.05, 4.69) is 14.1 Å². The summed E-state index contributed by atoms with van der Waals surface area (Å²) >= 11 is 7.00. The Balaban J connectivity index is 1.81. The van der Waals surface area contributed by atoms with Crippen LogP contribution in [0.5, 0.6) is 0 Å². The van der Waals surface area contributed by atoms with Crippen LogP contribution in [0.3, 0.4) is 0 Å². The van der Waals surface area contributed by atoms with Gasteiger partial charge in [0.2, 0.25) is 11.1 Å². The Morgan fingerprint density at radius 1 is 1.35 bits per heavy atom. The number of anilines is 2. The largest absolute Gasteiger partial charge is 0.378 e. The molecule has 0 spiro atoms. The quantitative estimate of drug-likeness (QED) is 0.882. The molecular formula is C13H15ClN4O3S2. The molecule has 1 N–H and O–H groups in total. The van der Waals surface area contributed by atoms with E-state index in [0.717, 1.165) is 11.5 Å². The summed E-state index contributed by atoms with van der Waals surface area (Å²) in [7, 11) is -3.75. The number of sulfonamides is 1. The number of benzene rings is 1. The first-order valence-corrected chi connectivity index (χ1v) is 9.55. The van der Waals surface area contributed by atoms with Gasteiger partial charge in [0, 0.05) is 29.6 Å². The zero-order valence-electron chi connectivity index (χ0n) is 12.3. The highest BCUT2D eigenvalue weighted by molar-refractivity contribution is 7.93. The molecule has 1 aliphatic rings. The SMILES string of the molecule is Cc1c(Cl)cccc1S(=O)(=O)Nc1nc(N2CCOCC2)ns1. The Kier molecular flexibility index (Phi) is 4.72. The van der Waals surface area contributed by atoms with Gasteiger partial charge in [0.1, 0.15) is 0 Å². The third-order valence-corrected chi connectivity index (χ3v) is 6.08. The number of hydrogen-bond donors (Lipinski definition) is 1. The summed E-state index contributed by atoms with van der Waals surface area (Å²) in [5, 5.41) is 0.630. The number of nitrogens with zero attached hydrogens (tertiary/aromatic N) is 3. The first kappa shape index (κ1) is 16.4. The fourth-order valence-electron chi connectivity index (χ4n) is 2.20. The Labute approximate surface area is 143 Å². The Morgan fingerprint density at radius 3 is 2.83 bits per heavy atom. The number of nitrogens with one attached hydrogen (secondary N) is 1. The van der Waals surface area contributed by atoms with Gasteiger partial charge in [0.25, 0.3) is 10.0 Å². The molecular weight excluding hydrogens is 360 g/mol. The van der Waals surface area contributed by atoms with Gasteiger partial charge in [-0.2, -0.15) is 9.36 Å². The maximum Gasteiger partial charge on any atom is 0.264 e. The van der Waals surface area contributed by atoms with E-state index in [-0.39, 0.29) is 10.0 Å². The second-order valence-corrected chi connectivity index (χ2v) is 7.78. The number of ether oxygens (including phenoxy) is 1. The van der Waals surface area contributed by atoms with E-state index in [9.17, 15) is 8.42 Å². The van der Waals surface area contributed by atoms with Crippen LogP contribution in [-0.2, 0) is 14.8 Å². The van der Waals surface area contributed by atoms with Crippen LogP contribution < -0.4 is 9.62 Å². The molecule has 3 rings (SSSR count). The third kappa shape index (κ3) is 3.57. The smallest absolute Gasteiger partial charge is 0.264 e. The lowest BCUT2D eigenvalue weighted by atomic mass is 10.2. The third-order valence-electron chi connectivity index (χ3n) is 3.44. The molecule has 1 saturated heterocycles. The van der Waals surface area contributed by atoms with E-state index in [1.165, 1.54) is 6.07 Å². The molecule has 0 unspecified atom stereocenters. The molecule has 10 heteroatoms. The van der Waals surface area contributed by atoms with Crippen molar-refractivity contribution < 1.29 is 13.2 Å². The summed E-state index contributed by atoms with van der Waals surface area (Å²) in [6.45, 7) is 4.27. The number of rotatable bonds is 4. The highest BCUT2D eigenvalue weighted by atomic mass is 35.5. The van der Waals surface area contributed by atoms with Crippen LogP contribution in [-0.4, -0.2) is 44.1 Å². The molecule has 7 nitrogen and oxygen atoms in total.